The van der Waals surface area contributed by atoms with Crippen molar-refractivity contribution in [1.82, 2.24) is 25.8 Å². The first-order chi connectivity index (χ1) is 8.31. The number of carbonyl (C=O) groups is 1. The van der Waals surface area contributed by atoms with E-state index >= 15 is 0 Å². The fourth-order valence-corrected chi connectivity index (χ4v) is 1.31. The number of hydroxylamine groups is 1. The molecule has 0 saturated carbocycles. The molecule has 1 aliphatic heterocycles. The molecule has 2 heterocycles. The van der Waals surface area contributed by atoms with Crippen molar-refractivity contribution in [2.75, 3.05) is 33.4 Å². The van der Waals surface area contributed by atoms with Crippen LogP contribution in [0, 0.1) is 0 Å². The van der Waals surface area contributed by atoms with Gasteiger partial charge in [-0.25, -0.2) is 10.2 Å². The fourth-order valence-electron chi connectivity index (χ4n) is 1.31. The van der Waals surface area contributed by atoms with Gasteiger partial charge in [0.1, 0.15) is 0 Å². The van der Waals surface area contributed by atoms with Gasteiger partial charge in [0.15, 0.2) is 5.69 Å². The lowest BCUT2D eigenvalue weighted by molar-refractivity contribution is 0.00857. The molecule has 0 bridgehead atoms. The summed E-state index contributed by atoms with van der Waals surface area (Å²) in [5, 5.41) is 10.8. The van der Waals surface area contributed by atoms with E-state index in [0.717, 1.165) is 13.1 Å². The Morgan fingerprint density at radius 1 is 1.65 bits per heavy atom. The van der Waals surface area contributed by atoms with Crippen LogP contribution >= 0.6 is 0 Å². The van der Waals surface area contributed by atoms with Crippen LogP contribution in [0.5, 0.6) is 0 Å². The van der Waals surface area contributed by atoms with Gasteiger partial charge in [-0.3, -0.25) is 9.63 Å². The van der Waals surface area contributed by atoms with Crippen molar-refractivity contribution in [2.45, 2.75) is 6.04 Å². The molecule has 0 aromatic carbocycles. The summed E-state index contributed by atoms with van der Waals surface area (Å²) in [7, 11) is 1.56. The molecule has 0 atom stereocenters. The van der Waals surface area contributed by atoms with Crippen molar-refractivity contribution in [2.24, 2.45) is 0 Å². The second kappa shape index (κ2) is 5.71. The van der Waals surface area contributed by atoms with Gasteiger partial charge < -0.3 is 10.1 Å². The Morgan fingerprint density at radius 3 is 3.12 bits per heavy atom. The highest BCUT2D eigenvalue weighted by molar-refractivity contribution is 5.91. The second-order valence-electron chi connectivity index (χ2n) is 3.67. The highest BCUT2D eigenvalue weighted by Crippen LogP contribution is 2.09. The summed E-state index contributed by atoms with van der Waals surface area (Å²) in [6, 6.07) is 0.290. The summed E-state index contributed by atoms with van der Waals surface area (Å²) in [6.45, 7) is 2.42. The van der Waals surface area contributed by atoms with E-state index in [2.05, 4.69) is 21.1 Å². The van der Waals surface area contributed by atoms with E-state index in [9.17, 15) is 4.79 Å². The summed E-state index contributed by atoms with van der Waals surface area (Å²) in [4.78, 5) is 16.4. The van der Waals surface area contributed by atoms with Gasteiger partial charge in [-0.05, 0) is 0 Å². The van der Waals surface area contributed by atoms with Gasteiger partial charge in [-0.2, -0.15) is 0 Å². The Morgan fingerprint density at radius 2 is 2.47 bits per heavy atom. The van der Waals surface area contributed by atoms with Crippen LogP contribution < -0.4 is 10.8 Å². The van der Waals surface area contributed by atoms with Crippen LogP contribution in [0.3, 0.4) is 0 Å². The molecule has 1 aromatic rings. The van der Waals surface area contributed by atoms with E-state index in [1.165, 1.54) is 0 Å². The minimum atomic E-state index is -0.403. The van der Waals surface area contributed by atoms with Gasteiger partial charge in [0.25, 0.3) is 5.91 Å². The van der Waals surface area contributed by atoms with Crippen molar-refractivity contribution in [3.05, 3.63) is 11.9 Å². The summed E-state index contributed by atoms with van der Waals surface area (Å²) in [5.74, 6) is -0.403. The number of amides is 1. The molecule has 1 fully saturated rings. The number of hydrogen-bond donors (Lipinski definition) is 2. The molecule has 94 valence electrons. The third kappa shape index (κ3) is 2.99. The van der Waals surface area contributed by atoms with Crippen LogP contribution in [0.1, 0.15) is 16.5 Å². The molecule has 8 nitrogen and oxygen atoms in total. The number of ether oxygens (including phenoxy) is 1. The summed E-state index contributed by atoms with van der Waals surface area (Å²) >= 11 is 0. The molecule has 2 N–H and O–H groups in total. The Balaban J connectivity index is 1.80. The average molecular weight is 241 g/mol. The van der Waals surface area contributed by atoms with Gasteiger partial charge in [0.05, 0.1) is 25.5 Å². The third-order valence-electron chi connectivity index (χ3n) is 2.43. The first-order valence-electron chi connectivity index (χ1n) is 5.35. The fraction of sp³-hybridized carbons (Fsp3) is 0.667. The van der Waals surface area contributed by atoms with E-state index in [-0.39, 0.29) is 5.69 Å². The van der Waals surface area contributed by atoms with Gasteiger partial charge >= 0.3 is 0 Å². The second-order valence-corrected chi connectivity index (χ2v) is 3.67. The van der Waals surface area contributed by atoms with Crippen LogP contribution in [-0.4, -0.2) is 54.3 Å². The molecule has 1 aliphatic rings. The normalized spacial score (nSPS) is 15.6. The van der Waals surface area contributed by atoms with Crippen LogP contribution in [0.4, 0.5) is 0 Å². The van der Waals surface area contributed by atoms with Gasteiger partial charge in [-0.15, -0.1) is 5.10 Å². The minimum Gasteiger partial charge on any atom is -0.382 e. The molecule has 0 aliphatic carbocycles. The largest absolute Gasteiger partial charge is 0.382 e. The monoisotopic (exact) mass is 241 g/mol. The zero-order valence-electron chi connectivity index (χ0n) is 9.55. The predicted octanol–water partition coefficient (Wildman–Crippen LogP) is -1.27. The molecule has 0 unspecified atom stereocenters. The lowest BCUT2D eigenvalue weighted by Crippen LogP contribution is -2.43. The minimum absolute atomic E-state index is 0.245. The Kier molecular flexibility index (Phi) is 4.02. The molecule has 0 spiro atoms. The number of carbonyl (C=O) groups excluding carboxylic acids is 1. The third-order valence-corrected chi connectivity index (χ3v) is 2.43. The molecular weight excluding hydrogens is 226 g/mol. The van der Waals surface area contributed by atoms with Crippen LogP contribution in [0.25, 0.3) is 0 Å². The Bertz CT molecular complexity index is 376. The number of rotatable bonds is 6. The molecule has 0 radical (unpaired) electrons. The molecule has 17 heavy (non-hydrogen) atoms. The lowest BCUT2D eigenvalue weighted by atomic mass is 10.2. The highest BCUT2D eigenvalue weighted by atomic mass is 16.7. The van der Waals surface area contributed by atoms with Crippen molar-refractivity contribution < 1.29 is 14.4 Å². The van der Waals surface area contributed by atoms with Crippen LogP contribution in [-0.2, 0) is 9.57 Å². The van der Waals surface area contributed by atoms with E-state index < -0.39 is 5.91 Å². The van der Waals surface area contributed by atoms with Crippen molar-refractivity contribution in [3.8, 4) is 0 Å². The quantitative estimate of drug-likeness (QED) is 0.477. The standard InChI is InChI=1S/C9H15N5O3/c1-16-2-3-17-12-9(15)8-6-14(13-11-8)7-4-10-5-7/h6-7,10H,2-5H2,1H3,(H,12,15). The Labute approximate surface area is 98.2 Å². The van der Waals surface area contributed by atoms with Crippen molar-refractivity contribution in [3.63, 3.8) is 0 Å². The van der Waals surface area contributed by atoms with Crippen molar-refractivity contribution in [1.29, 1.82) is 0 Å². The van der Waals surface area contributed by atoms with E-state index in [1.807, 2.05) is 0 Å². The average Bonchev–Trinajstić information content (AvgIpc) is 2.71. The maximum atomic E-state index is 11.5. The van der Waals surface area contributed by atoms with Gasteiger partial charge in [0.2, 0.25) is 0 Å². The summed E-state index contributed by atoms with van der Waals surface area (Å²) in [6.07, 6.45) is 1.61. The van der Waals surface area contributed by atoms with Gasteiger partial charge in [0, 0.05) is 20.2 Å². The topological polar surface area (TPSA) is 90.3 Å². The number of nitrogens with zero attached hydrogens (tertiary/aromatic N) is 3. The number of aromatic nitrogens is 3. The highest BCUT2D eigenvalue weighted by Gasteiger charge is 2.21. The first-order valence-corrected chi connectivity index (χ1v) is 5.35. The predicted molar refractivity (Wildman–Crippen MR) is 57.2 cm³/mol. The lowest BCUT2D eigenvalue weighted by Gasteiger charge is -2.26. The summed E-state index contributed by atoms with van der Waals surface area (Å²) in [5.41, 5.74) is 2.52. The SMILES string of the molecule is COCCONC(=O)c1cn(C2CNC2)nn1. The van der Waals surface area contributed by atoms with E-state index in [0.29, 0.717) is 19.3 Å². The zero-order valence-corrected chi connectivity index (χ0v) is 9.55. The molecule has 8 heteroatoms. The zero-order chi connectivity index (χ0) is 12.1. The number of hydrogen-bond acceptors (Lipinski definition) is 6. The first kappa shape index (κ1) is 12.0. The summed E-state index contributed by atoms with van der Waals surface area (Å²) < 4.78 is 6.45. The van der Waals surface area contributed by atoms with Crippen LogP contribution in [0.15, 0.2) is 6.20 Å². The van der Waals surface area contributed by atoms with Gasteiger partial charge in [-0.1, -0.05) is 5.21 Å². The van der Waals surface area contributed by atoms with E-state index in [1.54, 1.807) is 18.0 Å². The molecule has 1 amide bonds. The molecule has 1 aromatic heterocycles. The van der Waals surface area contributed by atoms with Crippen molar-refractivity contribution >= 4 is 5.91 Å². The number of nitrogens with one attached hydrogen (secondary N) is 2. The Hall–Kier alpha value is -1.51. The molecule has 2 rings (SSSR count). The smallest absolute Gasteiger partial charge is 0.296 e. The molecular formula is C9H15N5O3. The van der Waals surface area contributed by atoms with E-state index in [4.69, 9.17) is 9.57 Å². The maximum Gasteiger partial charge on any atom is 0.296 e. The number of methoxy groups -OCH3 is 1. The van der Waals surface area contributed by atoms with Crippen LogP contribution in [0.2, 0.25) is 0 Å². The maximum absolute atomic E-state index is 11.5. The molecule has 1 saturated heterocycles.